The summed E-state index contributed by atoms with van der Waals surface area (Å²) in [6.07, 6.45) is 5.82. The maximum Gasteiger partial charge on any atom is 0.115 e. The molecule has 0 aliphatic carbocycles. The van der Waals surface area contributed by atoms with Gasteiger partial charge in [0.05, 0.1) is 0 Å². The summed E-state index contributed by atoms with van der Waals surface area (Å²) in [7, 11) is 0. The van der Waals surface area contributed by atoms with Gasteiger partial charge in [0.2, 0.25) is 0 Å². The zero-order valence-corrected chi connectivity index (χ0v) is 44.8. The molecule has 0 saturated carbocycles. The number of benzene rings is 6. The third-order valence-corrected chi connectivity index (χ3v) is 6.52. The van der Waals surface area contributed by atoms with E-state index < -0.39 is 0 Å². The average Bonchev–Trinajstić information content (AvgIpc) is 3.41. The Morgan fingerprint density at radius 2 is 0.333 bits per heavy atom. The number of rotatable bonds is 4. The molecule has 0 fully saturated rings. The summed E-state index contributed by atoms with van der Waals surface area (Å²) >= 11 is 0. The second-order valence-electron chi connectivity index (χ2n) is 10.7. The minimum Gasteiger partial charge on any atom is -0.508 e. The van der Waals surface area contributed by atoms with Crippen molar-refractivity contribution in [3.63, 3.8) is 0 Å². The monoisotopic (exact) mass is 867 g/mol. The van der Waals surface area contributed by atoms with Crippen LogP contribution < -0.4 is 0 Å². The number of hydrogen-bond donors (Lipinski definition) is 2. The van der Waals surface area contributed by atoms with Crippen LogP contribution in [0.4, 0.5) is 0 Å². The Morgan fingerprint density at radius 1 is 0.222 bits per heavy atom. The fourth-order valence-electron chi connectivity index (χ4n) is 3.65. The van der Waals surface area contributed by atoms with E-state index in [0.29, 0.717) is 11.5 Å². The Labute approximate surface area is 395 Å². The Hall–Kier alpha value is -5.08. The molecule has 2 heteroatoms. The lowest BCUT2D eigenvalue weighted by Gasteiger charge is -1.97. The molecular formula is C61H102O2. The van der Waals surface area contributed by atoms with Crippen LogP contribution in [0.15, 0.2) is 182 Å². The lowest BCUT2D eigenvalue weighted by atomic mass is 10.1. The van der Waals surface area contributed by atoms with Crippen LogP contribution in [0, 0.1) is 0 Å². The first-order valence-corrected chi connectivity index (χ1v) is 24.6. The maximum atomic E-state index is 8.63. The van der Waals surface area contributed by atoms with Gasteiger partial charge in [-0.25, -0.2) is 0 Å². The average molecular weight is 867 g/mol. The summed E-state index contributed by atoms with van der Waals surface area (Å²) in [6, 6.07) is 59.1. The highest BCUT2D eigenvalue weighted by Gasteiger charge is 1.89. The van der Waals surface area contributed by atoms with Crippen molar-refractivity contribution in [3.8, 4) is 11.5 Å². The molecule has 0 radical (unpaired) electrons. The van der Waals surface area contributed by atoms with Crippen LogP contribution in [-0.2, 0) is 25.7 Å². The molecule has 0 aliphatic heterocycles. The van der Waals surface area contributed by atoms with Gasteiger partial charge < -0.3 is 10.2 Å². The summed E-state index contributed by atoms with van der Waals surface area (Å²) in [6.45, 7) is 41.0. The van der Waals surface area contributed by atoms with E-state index in [4.69, 9.17) is 10.2 Å². The molecule has 2 nitrogen and oxygen atoms in total. The summed E-state index contributed by atoms with van der Waals surface area (Å²) in [5, 5.41) is 17.3. The smallest absolute Gasteiger partial charge is 0.115 e. The molecule has 2 N–H and O–H groups in total. The van der Waals surface area contributed by atoms with Crippen LogP contribution in [0.2, 0.25) is 0 Å². The molecule has 0 bridgehead atoms. The molecule has 358 valence electrons. The van der Waals surface area contributed by atoms with Crippen LogP contribution in [0.25, 0.3) is 0 Å². The molecule has 63 heavy (non-hydrogen) atoms. The lowest BCUT2D eigenvalue weighted by molar-refractivity contribution is 0.475. The van der Waals surface area contributed by atoms with Gasteiger partial charge in [0, 0.05) is 0 Å². The molecule has 6 rings (SSSR count). The SMILES string of the molecule is CC.CC.CC.CC.CC.CC.CC.CCC.CCc1ccc(CC)cc1.CCc1ccc(CC)cc1.Oc1ccccc1.Oc1ccccc1.c1ccccc1.c1ccccc1. The number of hydrogen-bond acceptors (Lipinski definition) is 2. The summed E-state index contributed by atoms with van der Waals surface area (Å²) in [5.41, 5.74) is 5.71. The van der Waals surface area contributed by atoms with Crippen LogP contribution in [0.5, 0.6) is 11.5 Å². The van der Waals surface area contributed by atoms with E-state index in [1.54, 1.807) is 48.5 Å². The van der Waals surface area contributed by atoms with Crippen LogP contribution in [-0.4, -0.2) is 10.2 Å². The first kappa shape index (κ1) is 75.3. The molecule has 6 aromatic rings. The first-order valence-electron chi connectivity index (χ1n) is 24.6. The van der Waals surface area contributed by atoms with E-state index in [1.165, 1.54) is 28.7 Å². The van der Waals surface area contributed by atoms with E-state index in [2.05, 4.69) is 90.1 Å². The van der Waals surface area contributed by atoms with E-state index in [1.807, 2.05) is 182 Å². The van der Waals surface area contributed by atoms with Crippen molar-refractivity contribution >= 4 is 0 Å². The highest BCUT2D eigenvalue weighted by Crippen LogP contribution is 2.06. The molecule has 0 spiro atoms. The van der Waals surface area contributed by atoms with Crippen molar-refractivity contribution < 1.29 is 10.2 Å². The Bertz CT molecular complexity index is 1240. The van der Waals surface area contributed by atoms with Crippen molar-refractivity contribution in [1.29, 1.82) is 0 Å². The van der Waals surface area contributed by atoms with E-state index in [0.717, 1.165) is 25.7 Å². The second kappa shape index (κ2) is 77.5. The lowest BCUT2D eigenvalue weighted by Crippen LogP contribution is -1.81. The predicted octanol–water partition coefficient (Wildman–Crippen LogP) is 20.4. The fraction of sp³-hybridized carbons (Fsp3) is 0.410. The van der Waals surface area contributed by atoms with E-state index in [-0.39, 0.29) is 0 Å². The second-order valence-corrected chi connectivity index (χ2v) is 10.7. The molecule has 0 amide bonds. The van der Waals surface area contributed by atoms with Crippen LogP contribution in [0.1, 0.15) is 167 Å². The van der Waals surface area contributed by atoms with Gasteiger partial charge in [0.1, 0.15) is 11.5 Å². The first-order chi connectivity index (χ1) is 30.9. The third-order valence-electron chi connectivity index (χ3n) is 6.52. The van der Waals surface area contributed by atoms with Gasteiger partial charge in [-0.3, -0.25) is 0 Å². The summed E-state index contributed by atoms with van der Waals surface area (Å²) in [4.78, 5) is 0. The number of phenolic OH excluding ortho intramolecular Hbond substituents is 2. The quantitative estimate of drug-likeness (QED) is 0.185. The van der Waals surface area contributed by atoms with Gasteiger partial charge in [-0.1, -0.05) is 303 Å². The normalized spacial score (nSPS) is 7.49. The van der Waals surface area contributed by atoms with Crippen LogP contribution in [0.3, 0.4) is 0 Å². The van der Waals surface area contributed by atoms with Gasteiger partial charge >= 0.3 is 0 Å². The molecular weight excluding hydrogens is 765 g/mol. The molecule has 0 saturated heterocycles. The van der Waals surface area contributed by atoms with Crippen molar-refractivity contribution in [2.24, 2.45) is 0 Å². The highest BCUT2D eigenvalue weighted by molar-refractivity contribution is 5.23. The molecule has 0 unspecified atom stereocenters. The van der Waals surface area contributed by atoms with Crippen molar-refractivity contribution in [2.45, 2.75) is 171 Å². The van der Waals surface area contributed by atoms with Gasteiger partial charge in [-0.05, 0) is 72.2 Å². The number of phenols is 2. The minimum absolute atomic E-state index is 0.322. The highest BCUT2D eigenvalue weighted by atomic mass is 16.3. The number of aryl methyl sites for hydroxylation is 4. The fourth-order valence-corrected chi connectivity index (χ4v) is 3.65. The van der Waals surface area contributed by atoms with Gasteiger partial charge in [0.15, 0.2) is 0 Å². The van der Waals surface area contributed by atoms with Crippen molar-refractivity contribution in [2.75, 3.05) is 0 Å². The zero-order valence-electron chi connectivity index (χ0n) is 44.8. The van der Waals surface area contributed by atoms with Gasteiger partial charge in [-0.15, -0.1) is 0 Å². The molecule has 0 aromatic heterocycles. The third kappa shape index (κ3) is 66.2. The van der Waals surface area contributed by atoms with E-state index >= 15 is 0 Å². The summed E-state index contributed by atoms with van der Waals surface area (Å²) < 4.78 is 0. The standard InChI is InChI=1S/2C10H14.2C6H6O.2C6H6.C3H8.7C2H6/c2*1-3-9-5-7-10(4-2)8-6-9;2*7-6-4-2-1-3-5-6;2*1-2-4-6-5-3-1;1-3-2;7*1-2/h2*5-8H,3-4H2,1-2H3;2*1-5,7H;2*1-6H;3H2,1-2H3;7*1-2H3. The molecule has 0 heterocycles. The van der Waals surface area contributed by atoms with Crippen LogP contribution >= 0.6 is 0 Å². The molecule has 6 aromatic carbocycles. The maximum absolute atomic E-state index is 8.63. The molecule has 0 aliphatic rings. The predicted molar refractivity (Wildman–Crippen MR) is 295 cm³/mol. The Kier molecular flexibility index (Phi) is 92.6. The van der Waals surface area contributed by atoms with E-state index in [9.17, 15) is 0 Å². The topological polar surface area (TPSA) is 40.5 Å². The Morgan fingerprint density at radius 3 is 0.413 bits per heavy atom. The minimum atomic E-state index is 0.322. The zero-order chi connectivity index (χ0) is 50.2. The Balaban J connectivity index is -0.0000000904. The van der Waals surface area contributed by atoms with Crippen molar-refractivity contribution in [1.82, 2.24) is 0 Å². The summed E-state index contributed by atoms with van der Waals surface area (Å²) in [5.74, 6) is 0.644. The van der Waals surface area contributed by atoms with Gasteiger partial charge in [-0.2, -0.15) is 0 Å². The van der Waals surface area contributed by atoms with Crippen molar-refractivity contribution in [3.05, 3.63) is 204 Å². The number of para-hydroxylation sites is 2. The number of aromatic hydroxyl groups is 2. The largest absolute Gasteiger partial charge is 0.508 e. The molecule has 0 atom stereocenters. The van der Waals surface area contributed by atoms with Gasteiger partial charge in [0.25, 0.3) is 0 Å².